The third-order valence-corrected chi connectivity index (χ3v) is 3.34. The van der Waals surface area contributed by atoms with Gasteiger partial charge in [-0.1, -0.05) is 33.6 Å². The van der Waals surface area contributed by atoms with Crippen molar-refractivity contribution in [2.75, 3.05) is 7.11 Å². The zero-order chi connectivity index (χ0) is 12.6. The van der Waals surface area contributed by atoms with Crippen molar-refractivity contribution in [1.29, 1.82) is 0 Å². The maximum absolute atomic E-state index is 11.8. The predicted octanol–water partition coefficient (Wildman–Crippen LogP) is 3.98. The number of carbonyl (C=O) groups is 1. The van der Waals surface area contributed by atoms with Gasteiger partial charge in [-0.15, -0.1) is 0 Å². The Hall–Kier alpha value is -0.370. The van der Waals surface area contributed by atoms with Crippen LogP contribution in [0.2, 0.25) is 0 Å². The van der Waals surface area contributed by atoms with Crippen LogP contribution in [0.25, 0.3) is 0 Å². The van der Waals surface area contributed by atoms with Crippen LogP contribution in [-0.2, 0) is 9.53 Å². The Balaban J connectivity index is 4.18. The van der Waals surface area contributed by atoms with Crippen LogP contribution in [0.3, 0.4) is 0 Å². The fraction of sp³-hybridized carbons (Fsp3) is 0.929. The number of carbonyl (C=O) groups excluding carboxylic acids is 1. The second-order valence-electron chi connectivity index (χ2n) is 5.08. The van der Waals surface area contributed by atoms with Crippen LogP contribution in [0.1, 0.15) is 66.2 Å². The van der Waals surface area contributed by atoms with E-state index in [-0.39, 0.29) is 11.5 Å². The number of ether oxygens (including phenoxy) is 1. The second-order valence-corrected chi connectivity index (χ2v) is 5.08. The maximum atomic E-state index is 11.8. The number of rotatable bonds is 9. The van der Waals surface area contributed by atoms with Gasteiger partial charge < -0.3 is 4.74 Å². The van der Waals surface area contributed by atoms with Crippen molar-refractivity contribution < 1.29 is 9.53 Å². The Morgan fingerprint density at radius 3 is 2.38 bits per heavy atom. The molecule has 0 saturated heterocycles. The number of hydrogen-bond acceptors (Lipinski definition) is 2. The molecule has 2 heteroatoms. The van der Waals surface area contributed by atoms with E-state index in [2.05, 4.69) is 20.8 Å². The molecule has 0 heterocycles. The first-order chi connectivity index (χ1) is 7.49. The lowest BCUT2D eigenvalue weighted by atomic mass is 9.86. The van der Waals surface area contributed by atoms with Gasteiger partial charge in [0.15, 0.2) is 0 Å². The van der Waals surface area contributed by atoms with Gasteiger partial charge in [-0.05, 0) is 26.2 Å². The van der Waals surface area contributed by atoms with Crippen molar-refractivity contribution in [3.8, 4) is 0 Å². The summed E-state index contributed by atoms with van der Waals surface area (Å²) in [7, 11) is 1.75. The van der Waals surface area contributed by atoms with Gasteiger partial charge >= 0.3 is 0 Å². The normalized spacial score (nSPS) is 16.8. The zero-order valence-corrected chi connectivity index (χ0v) is 11.6. The minimum atomic E-state index is -0.129. The quantitative estimate of drug-likeness (QED) is 0.596. The average molecular weight is 228 g/mol. The van der Waals surface area contributed by atoms with Gasteiger partial charge in [0.1, 0.15) is 5.78 Å². The fourth-order valence-corrected chi connectivity index (χ4v) is 2.18. The average Bonchev–Trinajstić information content (AvgIpc) is 2.26. The highest BCUT2D eigenvalue weighted by Gasteiger charge is 2.27. The minimum absolute atomic E-state index is 0.128. The van der Waals surface area contributed by atoms with Crippen LogP contribution in [0.15, 0.2) is 0 Å². The van der Waals surface area contributed by atoms with E-state index in [0.29, 0.717) is 5.78 Å². The monoisotopic (exact) mass is 228 g/mol. The van der Waals surface area contributed by atoms with Crippen molar-refractivity contribution >= 4 is 5.78 Å². The second kappa shape index (κ2) is 7.83. The van der Waals surface area contributed by atoms with E-state index >= 15 is 0 Å². The summed E-state index contributed by atoms with van der Waals surface area (Å²) in [5.74, 6) is 0.518. The SMILES string of the molecule is CCCCC(=O)C(C)C[C@](C)(CCC)OC. The third kappa shape index (κ3) is 5.64. The third-order valence-electron chi connectivity index (χ3n) is 3.34. The highest BCUT2D eigenvalue weighted by molar-refractivity contribution is 5.80. The molecule has 0 aromatic heterocycles. The molecule has 0 spiro atoms. The molecule has 96 valence electrons. The van der Waals surface area contributed by atoms with Crippen LogP contribution >= 0.6 is 0 Å². The molecule has 0 aliphatic heterocycles. The molecule has 0 aliphatic rings. The van der Waals surface area contributed by atoms with Gasteiger partial charge in [-0.3, -0.25) is 4.79 Å². The van der Waals surface area contributed by atoms with Gasteiger partial charge in [-0.2, -0.15) is 0 Å². The lowest BCUT2D eigenvalue weighted by Crippen LogP contribution is -2.31. The van der Waals surface area contributed by atoms with Gasteiger partial charge in [0.05, 0.1) is 5.60 Å². The van der Waals surface area contributed by atoms with Gasteiger partial charge in [0.25, 0.3) is 0 Å². The Morgan fingerprint density at radius 2 is 1.94 bits per heavy atom. The largest absolute Gasteiger partial charge is 0.379 e. The van der Waals surface area contributed by atoms with E-state index in [1.165, 1.54) is 0 Å². The summed E-state index contributed by atoms with van der Waals surface area (Å²) in [6.07, 6.45) is 5.80. The van der Waals surface area contributed by atoms with Crippen LogP contribution < -0.4 is 0 Å². The number of Topliss-reactive ketones (excluding diaryl/α,β-unsaturated/α-hetero) is 1. The Bertz CT molecular complexity index is 201. The van der Waals surface area contributed by atoms with Crippen molar-refractivity contribution in [3.05, 3.63) is 0 Å². The summed E-state index contributed by atoms with van der Waals surface area (Å²) in [6.45, 7) is 8.42. The highest BCUT2D eigenvalue weighted by Crippen LogP contribution is 2.26. The summed E-state index contributed by atoms with van der Waals surface area (Å²) in [4.78, 5) is 11.8. The van der Waals surface area contributed by atoms with E-state index in [9.17, 15) is 4.79 Å². The van der Waals surface area contributed by atoms with Crippen LogP contribution in [0.4, 0.5) is 0 Å². The molecule has 0 amide bonds. The molecule has 0 saturated carbocycles. The predicted molar refractivity (Wildman–Crippen MR) is 68.6 cm³/mol. The Morgan fingerprint density at radius 1 is 1.31 bits per heavy atom. The van der Waals surface area contributed by atoms with Crippen molar-refractivity contribution in [2.24, 2.45) is 5.92 Å². The first-order valence-electron chi connectivity index (χ1n) is 6.57. The molecule has 0 N–H and O–H groups in total. The molecular weight excluding hydrogens is 200 g/mol. The van der Waals surface area contributed by atoms with Crippen molar-refractivity contribution in [3.63, 3.8) is 0 Å². The molecular formula is C14H28O2. The molecule has 0 fully saturated rings. The summed E-state index contributed by atoms with van der Waals surface area (Å²) in [5.41, 5.74) is -0.129. The number of hydrogen-bond donors (Lipinski definition) is 0. The summed E-state index contributed by atoms with van der Waals surface area (Å²) in [5, 5.41) is 0. The first-order valence-corrected chi connectivity index (χ1v) is 6.57. The molecule has 2 nitrogen and oxygen atoms in total. The molecule has 0 aromatic carbocycles. The zero-order valence-electron chi connectivity index (χ0n) is 11.6. The molecule has 0 aromatic rings. The standard InChI is InChI=1S/C14H28O2/c1-6-8-9-13(15)12(3)11-14(4,16-5)10-7-2/h12H,6-11H2,1-5H3/t12?,14-/m0/s1. The first kappa shape index (κ1) is 15.6. The number of ketones is 1. The van der Waals surface area contributed by atoms with E-state index in [0.717, 1.165) is 38.5 Å². The van der Waals surface area contributed by atoms with Crippen LogP contribution in [0, 0.1) is 5.92 Å². The lowest BCUT2D eigenvalue weighted by Gasteiger charge is -2.30. The molecule has 0 bridgehead atoms. The minimum Gasteiger partial charge on any atom is -0.379 e. The van der Waals surface area contributed by atoms with Crippen LogP contribution in [-0.4, -0.2) is 18.5 Å². The Labute approximate surface area is 101 Å². The molecule has 0 aliphatic carbocycles. The highest BCUT2D eigenvalue weighted by atomic mass is 16.5. The van der Waals surface area contributed by atoms with E-state index in [1.807, 2.05) is 6.92 Å². The fourth-order valence-electron chi connectivity index (χ4n) is 2.18. The van der Waals surface area contributed by atoms with E-state index in [4.69, 9.17) is 4.74 Å². The van der Waals surface area contributed by atoms with Crippen LogP contribution in [0.5, 0.6) is 0 Å². The number of unbranched alkanes of at least 4 members (excludes halogenated alkanes) is 1. The molecule has 16 heavy (non-hydrogen) atoms. The smallest absolute Gasteiger partial charge is 0.135 e. The number of methoxy groups -OCH3 is 1. The topological polar surface area (TPSA) is 26.3 Å². The summed E-state index contributed by atoms with van der Waals surface area (Å²) in [6, 6.07) is 0. The van der Waals surface area contributed by atoms with Crippen molar-refractivity contribution in [1.82, 2.24) is 0 Å². The molecule has 2 atom stereocenters. The summed E-state index contributed by atoms with van der Waals surface area (Å²) >= 11 is 0. The van der Waals surface area contributed by atoms with Gasteiger partial charge in [0, 0.05) is 19.4 Å². The van der Waals surface area contributed by atoms with Crippen molar-refractivity contribution in [2.45, 2.75) is 71.8 Å². The van der Waals surface area contributed by atoms with E-state index in [1.54, 1.807) is 7.11 Å². The lowest BCUT2D eigenvalue weighted by molar-refractivity contribution is -0.125. The Kier molecular flexibility index (Phi) is 7.65. The van der Waals surface area contributed by atoms with Gasteiger partial charge in [-0.25, -0.2) is 0 Å². The molecule has 1 unspecified atom stereocenters. The van der Waals surface area contributed by atoms with E-state index < -0.39 is 0 Å². The maximum Gasteiger partial charge on any atom is 0.135 e. The summed E-state index contributed by atoms with van der Waals surface area (Å²) < 4.78 is 5.55. The molecule has 0 rings (SSSR count). The molecule has 0 radical (unpaired) electrons. The van der Waals surface area contributed by atoms with Gasteiger partial charge in [0.2, 0.25) is 0 Å².